The topological polar surface area (TPSA) is 72.2 Å². The lowest BCUT2D eigenvalue weighted by Gasteiger charge is -2.08. The molecule has 0 fully saturated rings. The summed E-state index contributed by atoms with van der Waals surface area (Å²) in [5, 5.41) is 4.41. The van der Waals surface area contributed by atoms with Crippen LogP contribution in [0.5, 0.6) is 0 Å². The van der Waals surface area contributed by atoms with Gasteiger partial charge in [-0.3, -0.25) is 9.78 Å². The quantitative estimate of drug-likeness (QED) is 0.342. The van der Waals surface area contributed by atoms with E-state index in [0.717, 1.165) is 29.6 Å². The number of nitrogens with zero attached hydrogens (tertiary/aromatic N) is 4. The highest BCUT2D eigenvalue weighted by molar-refractivity contribution is 8.18. The molecule has 164 valence electrons. The molecule has 33 heavy (non-hydrogen) atoms. The first kappa shape index (κ1) is 21.7. The minimum Gasteiger partial charge on any atom is -0.332 e. The van der Waals surface area contributed by atoms with Crippen molar-refractivity contribution in [2.24, 2.45) is 4.99 Å². The van der Waals surface area contributed by atoms with Crippen LogP contribution in [-0.2, 0) is 17.8 Å². The maximum Gasteiger partial charge on any atom is 0.286 e. The molecule has 6 nitrogen and oxygen atoms in total. The lowest BCUT2D eigenvalue weighted by atomic mass is 10.1. The molecule has 4 aromatic rings. The van der Waals surface area contributed by atoms with E-state index in [1.54, 1.807) is 24.4 Å². The minimum absolute atomic E-state index is 0.309. The van der Waals surface area contributed by atoms with E-state index in [4.69, 9.17) is 23.2 Å². The monoisotopic (exact) mass is 493 g/mol. The number of hydrogen-bond donors (Lipinski definition) is 1. The second-order valence-corrected chi connectivity index (χ2v) is 9.20. The zero-order valence-corrected chi connectivity index (χ0v) is 19.5. The van der Waals surface area contributed by atoms with Crippen molar-refractivity contribution in [1.29, 1.82) is 0 Å². The maximum absolute atomic E-state index is 12.5. The van der Waals surface area contributed by atoms with Gasteiger partial charge in [-0.05, 0) is 65.7 Å². The number of anilines is 1. The predicted molar refractivity (Wildman–Crippen MR) is 136 cm³/mol. The molecule has 2 aromatic heterocycles. The van der Waals surface area contributed by atoms with Crippen molar-refractivity contribution in [3.05, 3.63) is 93.3 Å². The number of para-hydroxylation sites is 1. The molecule has 0 aliphatic carbocycles. The molecule has 0 unspecified atom stereocenters. The first-order chi connectivity index (χ1) is 16.1. The Kier molecular flexibility index (Phi) is 6.17. The van der Waals surface area contributed by atoms with Gasteiger partial charge in [0.15, 0.2) is 5.17 Å². The van der Waals surface area contributed by atoms with Crippen LogP contribution in [0, 0.1) is 0 Å². The van der Waals surface area contributed by atoms with E-state index >= 15 is 0 Å². The largest absolute Gasteiger partial charge is 0.332 e. The third-order valence-electron chi connectivity index (χ3n) is 5.12. The molecule has 0 bridgehead atoms. The van der Waals surface area contributed by atoms with Crippen molar-refractivity contribution in [3.63, 3.8) is 0 Å². The molecule has 9 heteroatoms. The van der Waals surface area contributed by atoms with Gasteiger partial charge in [0.2, 0.25) is 0 Å². The summed E-state index contributed by atoms with van der Waals surface area (Å²) in [6.45, 7) is 0.783. The summed E-state index contributed by atoms with van der Waals surface area (Å²) in [6.07, 6.45) is 8.17. The van der Waals surface area contributed by atoms with Crippen LogP contribution in [0.4, 0.5) is 5.69 Å². The third-order valence-corrected chi connectivity index (χ3v) is 6.65. The van der Waals surface area contributed by atoms with Gasteiger partial charge in [-0.1, -0.05) is 41.4 Å². The Morgan fingerprint density at radius 1 is 1.09 bits per heavy atom. The van der Waals surface area contributed by atoms with E-state index in [2.05, 4.69) is 30.9 Å². The van der Waals surface area contributed by atoms with Crippen LogP contribution in [0.25, 0.3) is 17.1 Å². The summed E-state index contributed by atoms with van der Waals surface area (Å²) in [7, 11) is 0. The number of amidine groups is 1. The lowest BCUT2D eigenvalue weighted by molar-refractivity contribution is -0.113. The lowest BCUT2D eigenvalue weighted by Crippen LogP contribution is -2.05. The van der Waals surface area contributed by atoms with Gasteiger partial charge in [0.1, 0.15) is 0 Å². The van der Waals surface area contributed by atoms with Crippen molar-refractivity contribution < 1.29 is 4.79 Å². The Labute approximate surface area is 204 Å². The highest BCUT2D eigenvalue weighted by Crippen LogP contribution is 2.34. The highest BCUT2D eigenvalue weighted by atomic mass is 35.5. The van der Waals surface area contributed by atoms with Gasteiger partial charge >= 0.3 is 0 Å². The van der Waals surface area contributed by atoms with Crippen molar-refractivity contribution >= 4 is 68.8 Å². The molecule has 1 N–H and O–H groups in total. The van der Waals surface area contributed by atoms with Crippen LogP contribution in [0.2, 0.25) is 10.0 Å². The van der Waals surface area contributed by atoms with Crippen molar-refractivity contribution in [1.82, 2.24) is 14.5 Å². The second-order valence-electron chi connectivity index (χ2n) is 7.35. The number of fused-ring (bicyclic) bond motifs is 1. The molecule has 0 saturated heterocycles. The number of benzene rings is 2. The molecule has 5 rings (SSSR count). The fourth-order valence-electron chi connectivity index (χ4n) is 3.48. The van der Waals surface area contributed by atoms with Crippen molar-refractivity contribution in [3.8, 4) is 0 Å². The van der Waals surface area contributed by atoms with Gasteiger partial charge in [0.05, 0.1) is 38.0 Å². The Hall–Kier alpha value is -3.13. The number of rotatable bonds is 5. The second kappa shape index (κ2) is 9.39. The summed E-state index contributed by atoms with van der Waals surface area (Å²) in [5.41, 5.74) is 4.50. The molecule has 0 spiro atoms. The zero-order chi connectivity index (χ0) is 22.8. The number of aromatic nitrogens is 3. The normalized spacial score (nSPS) is 14.8. The smallest absolute Gasteiger partial charge is 0.286 e. The van der Waals surface area contributed by atoms with Gasteiger partial charge in [-0.15, -0.1) is 0 Å². The van der Waals surface area contributed by atoms with Crippen LogP contribution >= 0.6 is 35.0 Å². The first-order valence-electron chi connectivity index (χ1n) is 10.1. The van der Waals surface area contributed by atoms with Gasteiger partial charge in [0, 0.05) is 18.9 Å². The number of aryl methyl sites for hydroxylation is 2. The van der Waals surface area contributed by atoms with Gasteiger partial charge < -0.3 is 9.88 Å². The van der Waals surface area contributed by atoms with E-state index in [9.17, 15) is 4.79 Å². The number of nitrogens with one attached hydrogen (secondary N) is 1. The van der Waals surface area contributed by atoms with Crippen LogP contribution in [0.15, 0.2) is 77.1 Å². The van der Waals surface area contributed by atoms with Gasteiger partial charge in [-0.2, -0.15) is 4.99 Å². The Balaban J connectivity index is 1.34. The number of imidazole rings is 1. The molecule has 2 aromatic carbocycles. The average Bonchev–Trinajstić information content (AvgIpc) is 3.38. The van der Waals surface area contributed by atoms with Gasteiger partial charge in [-0.25, -0.2) is 4.98 Å². The number of carbonyl (C=O) groups excluding carboxylic acids is 1. The average molecular weight is 494 g/mol. The third kappa shape index (κ3) is 4.80. The molecular weight excluding hydrogens is 477 g/mol. The summed E-state index contributed by atoms with van der Waals surface area (Å²) >= 11 is 13.7. The first-order valence-corrected chi connectivity index (χ1v) is 11.7. The van der Waals surface area contributed by atoms with Crippen molar-refractivity contribution in [2.75, 3.05) is 5.32 Å². The number of hydrogen-bond acceptors (Lipinski definition) is 5. The molecular formula is C24H17Cl2N5OS. The van der Waals surface area contributed by atoms with E-state index in [0.29, 0.717) is 25.8 Å². The standard InChI is InChI=1S/C24H17Cl2N5OS/c25-17-4-1-5-18(26)22(17)29-24-30-23(32)21(33-24)12-16-6-7-19-20(11-16)31(14-28-19)10-8-15-3-2-9-27-13-15/h1-7,9,11-14H,8,10H2,(H,29,30,32). The zero-order valence-electron chi connectivity index (χ0n) is 17.2. The molecule has 0 radical (unpaired) electrons. The number of pyridine rings is 1. The number of amides is 1. The van der Waals surface area contributed by atoms with E-state index in [1.165, 1.54) is 17.3 Å². The number of thioether (sulfide) groups is 1. The Morgan fingerprint density at radius 3 is 2.73 bits per heavy atom. The van der Waals surface area contributed by atoms with Crippen LogP contribution in [0.1, 0.15) is 11.1 Å². The fourth-order valence-corrected chi connectivity index (χ4v) is 4.79. The number of aliphatic imine (C=N–C) groups is 1. The maximum atomic E-state index is 12.5. The van der Waals surface area contributed by atoms with E-state index in [-0.39, 0.29) is 5.91 Å². The summed E-state index contributed by atoms with van der Waals surface area (Å²) in [5.74, 6) is -0.309. The van der Waals surface area contributed by atoms with Crippen LogP contribution < -0.4 is 5.32 Å². The predicted octanol–water partition coefficient (Wildman–Crippen LogP) is 6.06. The minimum atomic E-state index is -0.309. The molecule has 0 saturated carbocycles. The highest BCUT2D eigenvalue weighted by Gasteiger charge is 2.23. The molecule has 1 aliphatic heterocycles. The SMILES string of the molecule is O=C1N=C(Nc2c(Cl)cccc2Cl)SC1=Cc1ccc2ncn(CCc3cccnc3)c2c1. The van der Waals surface area contributed by atoms with E-state index < -0.39 is 0 Å². The molecule has 1 aliphatic rings. The Bertz CT molecular complexity index is 1390. The molecule has 1 amide bonds. The Morgan fingerprint density at radius 2 is 1.94 bits per heavy atom. The number of carbonyl (C=O) groups is 1. The van der Waals surface area contributed by atoms with E-state index in [1.807, 2.05) is 42.9 Å². The molecule has 0 atom stereocenters. The van der Waals surface area contributed by atoms with Crippen LogP contribution in [-0.4, -0.2) is 25.6 Å². The van der Waals surface area contributed by atoms with Crippen LogP contribution in [0.3, 0.4) is 0 Å². The van der Waals surface area contributed by atoms with Crippen molar-refractivity contribution in [2.45, 2.75) is 13.0 Å². The summed E-state index contributed by atoms with van der Waals surface area (Å²) in [4.78, 5) is 25.8. The van der Waals surface area contributed by atoms with Gasteiger partial charge in [0.25, 0.3) is 5.91 Å². The number of halogens is 2. The molecule has 3 heterocycles. The summed E-state index contributed by atoms with van der Waals surface area (Å²) < 4.78 is 2.11. The summed E-state index contributed by atoms with van der Waals surface area (Å²) in [6, 6.07) is 15.1. The fraction of sp³-hybridized carbons (Fsp3) is 0.0833.